The highest BCUT2D eigenvalue weighted by Crippen LogP contribution is 2.30. The van der Waals surface area contributed by atoms with E-state index in [2.05, 4.69) is 32.5 Å². The molecule has 0 saturated heterocycles. The van der Waals surface area contributed by atoms with Crippen molar-refractivity contribution < 1.29 is 9.90 Å². The van der Waals surface area contributed by atoms with E-state index in [0.717, 1.165) is 40.9 Å². The summed E-state index contributed by atoms with van der Waals surface area (Å²) < 4.78 is 1.85. The van der Waals surface area contributed by atoms with E-state index in [1.807, 2.05) is 66.9 Å². The van der Waals surface area contributed by atoms with Gasteiger partial charge in [0.25, 0.3) is 0 Å². The van der Waals surface area contributed by atoms with Crippen molar-refractivity contribution in [1.29, 1.82) is 0 Å². The summed E-state index contributed by atoms with van der Waals surface area (Å²) >= 11 is 0. The predicted molar refractivity (Wildman–Crippen MR) is 121 cm³/mol. The molecule has 164 valence electrons. The van der Waals surface area contributed by atoms with Gasteiger partial charge in [0.2, 0.25) is 5.82 Å². The summed E-state index contributed by atoms with van der Waals surface area (Å²) in [6.07, 6.45) is 1.64. The molecule has 0 aliphatic carbocycles. The molecule has 2 aromatic heterocycles. The van der Waals surface area contributed by atoms with Crippen LogP contribution in [0, 0.1) is 0 Å². The monoisotopic (exact) mass is 430 g/mol. The minimum absolute atomic E-state index is 0.0435. The topological polar surface area (TPSA) is 110 Å². The molecule has 8 heteroatoms. The zero-order valence-electron chi connectivity index (χ0n) is 18.4. The molecular formula is C24H26N6O2. The summed E-state index contributed by atoms with van der Waals surface area (Å²) in [4.78, 5) is 16.7. The number of hydrogen-bond acceptors (Lipinski definition) is 5. The van der Waals surface area contributed by atoms with Crippen LogP contribution in [-0.2, 0) is 13.0 Å². The second-order valence-corrected chi connectivity index (χ2v) is 8.04. The standard InChI is InChI=1S/C24H26N6O2/c1-4-7-20-25-21(15(2)3)22(24(31)32)30(20)14-16-10-12-17(13-11-16)18-8-5-6-9-19(18)23-26-28-29-27-23/h5-6,8-13,15H,4,7,14H2,1-3H3,(H,31,32)(H,26,27,28,29). The van der Waals surface area contributed by atoms with E-state index in [0.29, 0.717) is 18.1 Å². The van der Waals surface area contributed by atoms with E-state index in [1.165, 1.54) is 0 Å². The van der Waals surface area contributed by atoms with Gasteiger partial charge in [0.05, 0.1) is 5.69 Å². The normalized spacial score (nSPS) is 11.2. The van der Waals surface area contributed by atoms with Gasteiger partial charge in [-0.1, -0.05) is 69.3 Å². The lowest BCUT2D eigenvalue weighted by Gasteiger charge is -2.12. The summed E-state index contributed by atoms with van der Waals surface area (Å²) in [5, 5.41) is 24.3. The maximum Gasteiger partial charge on any atom is 0.354 e. The van der Waals surface area contributed by atoms with Gasteiger partial charge < -0.3 is 9.67 Å². The highest BCUT2D eigenvalue weighted by Gasteiger charge is 2.24. The summed E-state index contributed by atoms with van der Waals surface area (Å²) in [5.74, 6) is 0.468. The van der Waals surface area contributed by atoms with Crippen molar-refractivity contribution in [2.45, 2.75) is 46.1 Å². The lowest BCUT2D eigenvalue weighted by molar-refractivity contribution is 0.0683. The molecule has 2 heterocycles. The van der Waals surface area contributed by atoms with Crippen molar-refractivity contribution >= 4 is 5.97 Å². The van der Waals surface area contributed by atoms with Crippen LogP contribution in [0.5, 0.6) is 0 Å². The molecular weight excluding hydrogens is 404 g/mol. The lowest BCUT2D eigenvalue weighted by Crippen LogP contribution is -2.14. The van der Waals surface area contributed by atoms with E-state index >= 15 is 0 Å². The van der Waals surface area contributed by atoms with E-state index in [9.17, 15) is 9.90 Å². The number of benzene rings is 2. The molecule has 0 fully saturated rings. The Bertz CT molecular complexity index is 1210. The number of nitrogens with one attached hydrogen (secondary N) is 1. The Hall–Kier alpha value is -3.81. The van der Waals surface area contributed by atoms with Crippen molar-refractivity contribution in [3.63, 3.8) is 0 Å². The number of aryl methyl sites for hydroxylation is 1. The Morgan fingerprint density at radius 1 is 1.09 bits per heavy atom. The second kappa shape index (κ2) is 9.13. The van der Waals surface area contributed by atoms with E-state index in [1.54, 1.807) is 0 Å². The molecule has 0 bridgehead atoms. The van der Waals surface area contributed by atoms with E-state index in [4.69, 9.17) is 0 Å². The number of imidazole rings is 1. The molecule has 8 nitrogen and oxygen atoms in total. The first-order valence-electron chi connectivity index (χ1n) is 10.7. The number of aromatic amines is 1. The fraction of sp³-hybridized carbons (Fsp3) is 0.292. The highest BCUT2D eigenvalue weighted by molar-refractivity contribution is 5.87. The Morgan fingerprint density at radius 3 is 2.41 bits per heavy atom. The minimum Gasteiger partial charge on any atom is -0.477 e. The summed E-state index contributed by atoms with van der Waals surface area (Å²) in [6.45, 7) is 6.49. The van der Waals surface area contributed by atoms with Crippen LogP contribution in [0.15, 0.2) is 48.5 Å². The number of H-pyrrole nitrogens is 1. The molecule has 32 heavy (non-hydrogen) atoms. The van der Waals surface area contributed by atoms with Crippen LogP contribution >= 0.6 is 0 Å². The quantitative estimate of drug-likeness (QED) is 0.424. The second-order valence-electron chi connectivity index (χ2n) is 8.04. The highest BCUT2D eigenvalue weighted by atomic mass is 16.4. The SMILES string of the molecule is CCCc1nc(C(C)C)c(C(=O)O)n1Cc1ccc(-c2ccccc2-c2nn[nH]n2)cc1. The van der Waals surface area contributed by atoms with Gasteiger partial charge in [-0.05, 0) is 34.2 Å². The third-order valence-corrected chi connectivity index (χ3v) is 5.42. The number of aromatic nitrogens is 6. The molecule has 0 amide bonds. The number of rotatable bonds is 8. The third-order valence-electron chi connectivity index (χ3n) is 5.42. The number of hydrogen-bond donors (Lipinski definition) is 2. The van der Waals surface area contributed by atoms with Crippen molar-refractivity contribution in [2.24, 2.45) is 0 Å². The van der Waals surface area contributed by atoms with Crippen LogP contribution in [0.3, 0.4) is 0 Å². The maximum absolute atomic E-state index is 12.1. The van der Waals surface area contributed by atoms with Crippen LogP contribution in [-0.4, -0.2) is 41.3 Å². The maximum atomic E-state index is 12.1. The fourth-order valence-electron chi connectivity index (χ4n) is 3.91. The molecule has 0 radical (unpaired) electrons. The fourth-order valence-corrected chi connectivity index (χ4v) is 3.91. The molecule has 2 N–H and O–H groups in total. The predicted octanol–water partition coefficient (Wildman–Crippen LogP) is 4.55. The van der Waals surface area contributed by atoms with Crippen LogP contribution in [0.2, 0.25) is 0 Å². The van der Waals surface area contributed by atoms with Crippen LogP contribution in [0.1, 0.15) is 60.7 Å². The average molecular weight is 431 g/mol. The van der Waals surface area contributed by atoms with Crippen molar-refractivity contribution in [3.05, 3.63) is 71.3 Å². The van der Waals surface area contributed by atoms with Crippen molar-refractivity contribution in [3.8, 4) is 22.5 Å². The minimum atomic E-state index is -0.936. The number of aromatic carboxylic acids is 1. The van der Waals surface area contributed by atoms with Gasteiger partial charge in [-0.2, -0.15) is 5.21 Å². The number of tetrazole rings is 1. The molecule has 0 atom stereocenters. The molecule has 4 rings (SSSR count). The Balaban J connectivity index is 1.68. The van der Waals surface area contributed by atoms with E-state index < -0.39 is 5.97 Å². The van der Waals surface area contributed by atoms with Gasteiger partial charge in [0, 0.05) is 18.5 Å². The molecule has 0 saturated carbocycles. The molecule has 2 aromatic carbocycles. The average Bonchev–Trinajstić information content (AvgIpc) is 3.44. The third kappa shape index (κ3) is 4.16. The van der Waals surface area contributed by atoms with Gasteiger partial charge in [0.1, 0.15) is 5.82 Å². The van der Waals surface area contributed by atoms with Gasteiger partial charge in [-0.15, -0.1) is 10.2 Å². The Kier molecular flexibility index (Phi) is 6.11. The van der Waals surface area contributed by atoms with Crippen molar-refractivity contribution in [1.82, 2.24) is 30.2 Å². The van der Waals surface area contributed by atoms with E-state index in [-0.39, 0.29) is 11.6 Å². The first-order chi connectivity index (χ1) is 15.5. The Labute approximate surface area is 186 Å². The van der Waals surface area contributed by atoms with Crippen LogP contribution < -0.4 is 0 Å². The number of carbonyl (C=O) groups is 1. The Morgan fingerprint density at radius 2 is 1.81 bits per heavy atom. The molecule has 4 aromatic rings. The number of carboxylic acids is 1. The summed E-state index contributed by atoms with van der Waals surface area (Å²) in [6, 6.07) is 16.0. The lowest BCUT2D eigenvalue weighted by atomic mass is 9.98. The smallest absolute Gasteiger partial charge is 0.354 e. The van der Waals surface area contributed by atoms with Crippen LogP contribution in [0.25, 0.3) is 22.5 Å². The van der Waals surface area contributed by atoms with Gasteiger partial charge in [-0.3, -0.25) is 0 Å². The number of nitrogens with zero attached hydrogens (tertiary/aromatic N) is 5. The summed E-state index contributed by atoms with van der Waals surface area (Å²) in [7, 11) is 0. The molecule has 0 aliphatic heterocycles. The largest absolute Gasteiger partial charge is 0.477 e. The zero-order chi connectivity index (χ0) is 22.7. The number of carboxylic acid groups (broad SMARTS) is 1. The first-order valence-corrected chi connectivity index (χ1v) is 10.7. The molecule has 0 aliphatic rings. The van der Waals surface area contributed by atoms with Crippen molar-refractivity contribution in [2.75, 3.05) is 0 Å². The van der Waals surface area contributed by atoms with Gasteiger partial charge in [-0.25, -0.2) is 9.78 Å². The zero-order valence-corrected chi connectivity index (χ0v) is 18.4. The van der Waals surface area contributed by atoms with Crippen LogP contribution in [0.4, 0.5) is 0 Å². The van der Waals surface area contributed by atoms with Gasteiger partial charge in [0.15, 0.2) is 5.69 Å². The first kappa shape index (κ1) is 21.4. The molecule has 0 unspecified atom stereocenters. The van der Waals surface area contributed by atoms with Gasteiger partial charge >= 0.3 is 5.97 Å². The summed E-state index contributed by atoms with van der Waals surface area (Å²) in [5.41, 5.74) is 4.86. The molecule has 0 spiro atoms.